The van der Waals surface area contributed by atoms with Gasteiger partial charge < -0.3 is 10.1 Å². The summed E-state index contributed by atoms with van der Waals surface area (Å²) < 4.78 is 5.53. The number of aromatic nitrogens is 1. The number of rotatable bonds is 6. The van der Waals surface area contributed by atoms with Gasteiger partial charge in [0.1, 0.15) is 5.75 Å². The van der Waals surface area contributed by atoms with Crippen LogP contribution in [0.2, 0.25) is 0 Å². The molecule has 0 aliphatic heterocycles. The van der Waals surface area contributed by atoms with E-state index in [9.17, 15) is 0 Å². The molecule has 1 fully saturated rings. The summed E-state index contributed by atoms with van der Waals surface area (Å²) in [6, 6.07) is 4.26. The fourth-order valence-corrected chi connectivity index (χ4v) is 3.51. The van der Waals surface area contributed by atoms with Gasteiger partial charge in [0.25, 0.3) is 0 Å². The lowest BCUT2D eigenvalue weighted by molar-refractivity contribution is 0.192. The van der Waals surface area contributed by atoms with E-state index >= 15 is 0 Å². The van der Waals surface area contributed by atoms with E-state index < -0.39 is 0 Å². The number of nitrogens with zero attached hydrogens (tertiary/aromatic N) is 1. The largest absolute Gasteiger partial charge is 0.495 e. The van der Waals surface area contributed by atoms with Crippen LogP contribution in [0.15, 0.2) is 18.3 Å². The van der Waals surface area contributed by atoms with Crippen LogP contribution in [-0.4, -0.2) is 18.6 Å². The molecule has 1 aromatic rings. The Morgan fingerprint density at radius 3 is 2.90 bits per heavy atom. The highest BCUT2D eigenvalue weighted by Crippen LogP contribution is 2.49. The number of hydrogen-bond acceptors (Lipinski definition) is 3. The molecule has 1 N–H and O–H groups in total. The first-order valence-corrected chi connectivity index (χ1v) is 7.82. The molecule has 3 nitrogen and oxygen atoms in total. The minimum absolute atomic E-state index is 0.295. The Labute approximate surface area is 123 Å². The van der Waals surface area contributed by atoms with Crippen molar-refractivity contribution in [2.75, 3.05) is 13.7 Å². The maximum Gasteiger partial charge on any atom is 0.141 e. The molecule has 3 heteroatoms. The third-order valence-electron chi connectivity index (χ3n) is 4.67. The van der Waals surface area contributed by atoms with Crippen LogP contribution in [0.4, 0.5) is 0 Å². The SMILES string of the molecule is CCCNC(c1ncccc1OC)C1CCCC1(C)C. The van der Waals surface area contributed by atoms with Crippen LogP contribution < -0.4 is 10.1 Å². The van der Waals surface area contributed by atoms with Crippen molar-refractivity contribution in [2.45, 2.75) is 52.5 Å². The summed E-state index contributed by atoms with van der Waals surface area (Å²) in [7, 11) is 1.73. The van der Waals surface area contributed by atoms with Gasteiger partial charge >= 0.3 is 0 Å². The Hall–Kier alpha value is -1.09. The van der Waals surface area contributed by atoms with Crippen LogP contribution in [0, 0.1) is 11.3 Å². The van der Waals surface area contributed by atoms with Crippen molar-refractivity contribution in [2.24, 2.45) is 11.3 Å². The molecule has 2 atom stereocenters. The molecule has 0 bridgehead atoms. The molecule has 0 aromatic carbocycles. The molecule has 0 amide bonds. The van der Waals surface area contributed by atoms with Crippen molar-refractivity contribution in [1.29, 1.82) is 0 Å². The van der Waals surface area contributed by atoms with Gasteiger partial charge in [-0.15, -0.1) is 0 Å². The maximum absolute atomic E-state index is 5.53. The van der Waals surface area contributed by atoms with E-state index in [4.69, 9.17) is 4.74 Å². The van der Waals surface area contributed by atoms with Gasteiger partial charge in [0.15, 0.2) is 0 Å². The fraction of sp³-hybridized carbons (Fsp3) is 0.706. The summed E-state index contributed by atoms with van der Waals surface area (Å²) >= 11 is 0. The van der Waals surface area contributed by atoms with Gasteiger partial charge in [-0.3, -0.25) is 4.98 Å². The summed E-state index contributed by atoms with van der Waals surface area (Å²) in [5.74, 6) is 1.53. The molecule has 2 rings (SSSR count). The van der Waals surface area contributed by atoms with Gasteiger partial charge in [-0.25, -0.2) is 0 Å². The molecule has 2 unspecified atom stereocenters. The Kier molecular flexibility index (Phi) is 5.03. The molecule has 1 saturated carbocycles. The Balaban J connectivity index is 2.32. The number of pyridine rings is 1. The van der Waals surface area contributed by atoms with Crippen molar-refractivity contribution < 1.29 is 4.74 Å². The average molecular weight is 276 g/mol. The highest BCUT2D eigenvalue weighted by molar-refractivity contribution is 5.30. The van der Waals surface area contributed by atoms with Gasteiger partial charge in [-0.2, -0.15) is 0 Å². The zero-order valence-electron chi connectivity index (χ0n) is 13.3. The lowest BCUT2D eigenvalue weighted by Crippen LogP contribution is -2.35. The predicted octanol–water partition coefficient (Wildman–Crippen LogP) is 3.96. The average Bonchev–Trinajstić information content (AvgIpc) is 2.79. The second kappa shape index (κ2) is 6.57. The Morgan fingerprint density at radius 2 is 2.30 bits per heavy atom. The number of ether oxygens (including phenoxy) is 1. The summed E-state index contributed by atoms with van der Waals surface area (Å²) in [5.41, 5.74) is 1.44. The molecule has 0 radical (unpaired) electrons. The smallest absolute Gasteiger partial charge is 0.141 e. The topological polar surface area (TPSA) is 34.2 Å². The predicted molar refractivity (Wildman–Crippen MR) is 82.9 cm³/mol. The van der Waals surface area contributed by atoms with Crippen molar-refractivity contribution >= 4 is 0 Å². The second-order valence-corrected chi connectivity index (χ2v) is 6.51. The Bertz CT molecular complexity index is 431. The van der Waals surface area contributed by atoms with Crippen LogP contribution in [0.3, 0.4) is 0 Å². The van der Waals surface area contributed by atoms with Crippen molar-refractivity contribution in [3.63, 3.8) is 0 Å². The third kappa shape index (κ3) is 3.14. The normalized spacial score (nSPS) is 22.7. The molecular weight excluding hydrogens is 248 g/mol. The van der Waals surface area contributed by atoms with Gasteiger partial charge in [0.2, 0.25) is 0 Å². The first-order chi connectivity index (χ1) is 9.60. The molecule has 1 aromatic heterocycles. The van der Waals surface area contributed by atoms with E-state index in [0.29, 0.717) is 17.4 Å². The number of hydrogen-bond donors (Lipinski definition) is 1. The summed E-state index contributed by atoms with van der Waals surface area (Å²) in [6.07, 6.45) is 6.90. The Morgan fingerprint density at radius 1 is 1.50 bits per heavy atom. The van der Waals surface area contributed by atoms with Crippen molar-refractivity contribution in [1.82, 2.24) is 10.3 Å². The molecule has 0 saturated heterocycles. The van der Waals surface area contributed by atoms with Gasteiger partial charge in [-0.1, -0.05) is 27.2 Å². The van der Waals surface area contributed by atoms with E-state index in [2.05, 4.69) is 31.1 Å². The quantitative estimate of drug-likeness (QED) is 0.854. The maximum atomic E-state index is 5.53. The van der Waals surface area contributed by atoms with Crippen molar-refractivity contribution in [3.05, 3.63) is 24.0 Å². The molecule has 112 valence electrons. The van der Waals surface area contributed by atoms with Gasteiger partial charge in [0.05, 0.1) is 18.8 Å². The molecule has 20 heavy (non-hydrogen) atoms. The fourth-order valence-electron chi connectivity index (χ4n) is 3.51. The second-order valence-electron chi connectivity index (χ2n) is 6.51. The van der Waals surface area contributed by atoms with Gasteiger partial charge in [0, 0.05) is 6.20 Å². The van der Waals surface area contributed by atoms with Crippen LogP contribution >= 0.6 is 0 Å². The van der Waals surface area contributed by atoms with Crippen LogP contribution in [0.25, 0.3) is 0 Å². The third-order valence-corrected chi connectivity index (χ3v) is 4.67. The summed E-state index contributed by atoms with van der Waals surface area (Å²) in [5, 5.41) is 3.72. The van der Waals surface area contributed by atoms with E-state index in [1.54, 1.807) is 7.11 Å². The van der Waals surface area contributed by atoms with E-state index in [1.807, 2.05) is 18.3 Å². The zero-order chi connectivity index (χ0) is 14.6. The molecule has 1 aliphatic carbocycles. The van der Waals surface area contributed by atoms with Crippen molar-refractivity contribution in [3.8, 4) is 5.75 Å². The molecule has 1 aliphatic rings. The standard InChI is InChI=1S/C17H28N2O/c1-5-11-18-15(13-8-6-10-17(13,2)3)16-14(20-4)9-7-12-19-16/h7,9,12-13,15,18H,5-6,8,10-11H2,1-4H3. The lowest BCUT2D eigenvalue weighted by Gasteiger charge is -2.35. The van der Waals surface area contributed by atoms with E-state index in [1.165, 1.54) is 19.3 Å². The first kappa shape index (κ1) is 15.3. The van der Waals surface area contributed by atoms with Crippen LogP contribution in [0.1, 0.15) is 58.2 Å². The van der Waals surface area contributed by atoms with Gasteiger partial charge in [-0.05, 0) is 49.3 Å². The zero-order valence-corrected chi connectivity index (χ0v) is 13.3. The first-order valence-electron chi connectivity index (χ1n) is 7.82. The minimum atomic E-state index is 0.295. The molecule has 1 heterocycles. The lowest BCUT2D eigenvalue weighted by atomic mass is 9.76. The highest BCUT2D eigenvalue weighted by Gasteiger charge is 2.41. The van der Waals surface area contributed by atoms with E-state index in [0.717, 1.165) is 24.4 Å². The highest BCUT2D eigenvalue weighted by atomic mass is 16.5. The summed E-state index contributed by atoms with van der Waals surface area (Å²) in [4.78, 5) is 4.63. The minimum Gasteiger partial charge on any atom is -0.495 e. The summed E-state index contributed by atoms with van der Waals surface area (Å²) in [6.45, 7) is 8.01. The van der Waals surface area contributed by atoms with Crippen LogP contribution in [0.5, 0.6) is 5.75 Å². The number of nitrogens with one attached hydrogen (secondary N) is 1. The monoisotopic (exact) mass is 276 g/mol. The molecular formula is C17H28N2O. The molecule has 0 spiro atoms. The van der Waals surface area contributed by atoms with E-state index in [-0.39, 0.29) is 0 Å². The van der Waals surface area contributed by atoms with Crippen LogP contribution in [-0.2, 0) is 0 Å². The number of methoxy groups -OCH3 is 1.